The highest BCUT2D eigenvalue weighted by Gasteiger charge is 2.24. The van der Waals surface area contributed by atoms with Crippen LogP contribution in [0.4, 0.5) is 8.78 Å². The second-order valence-corrected chi connectivity index (χ2v) is 7.06. The summed E-state index contributed by atoms with van der Waals surface area (Å²) in [7, 11) is 0. The Bertz CT molecular complexity index is 577. The number of benzene rings is 1. The Labute approximate surface area is 130 Å². The lowest BCUT2D eigenvalue weighted by Crippen LogP contribution is -2.00. The third-order valence-corrected chi connectivity index (χ3v) is 4.68. The maximum atomic E-state index is 13.8. The Balaban J connectivity index is 2.52. The fourth-order valence-electron chi connectivity index (χ4n) is 1.48. The zero-order valence-electron chi connectivity index (χ0n) is 8.49. The molecule has 0 saturated carbocycles. The first-order valence-electron chi connectivity index (χ1n) is 4.63. The molecule has 1 aromatic carbocycles. The molecule has 0 aliphatic heterocycles. The first kappa shape index (κ1) is 14.5. The Morgan fingerprint density at radius 1 is 1.11 bits per heavy atom. The maximum absolute atomic E-state index is 13.8. The van der Waals surface area contributed by atoms with E-state index in [2.05, 4.69) is 15.9 Å². The molecule has 0 amide bonds. The molecule has 0 N–H and O–H groups in total. The van der Waals surface area contributed by atoms with Gasteiger partial charge in [-0.15, -0.1) is 22.9 Å². The molecule has 1 atom stereocenters. The van der Waals surface area contributed by atoms with E-state index < -0.39 is 17.0 Å². The van der Waals surface area contributed by atoms with Crippen LogP contribution in [0.5, 0.6) is 0 Å². The van der Waals surface area contributed by atoms with Crippen molar-refractivity contribution < 1.29 is 8.78 Å². The molecule has 0 radical (unpaired) electrons. The molecule has 0 nitrogen and oxygen atoms in total. The molecule has 1 unspecified atom stereocenters. The predicted molar refractivity (Wildman–Crippen MR) is 76.1 cm³/mol. The Morgan fingerprint density at radius 2 is 1.67 bits per heavy atom. The van der Waals surface area contributed by atoms with Crippen LogP contribution in [0.3, 0.4) is 0 Å². The highest BCUT2D eigenvalue weighted by molar-refractivity contribution is 9.10. The van der Waals surface area contributed by atoms with Crippen molar-refractivity contribution in [3.63, 3.8) is 0 Å². The first-order chi connectivity index (χ1) is 8.40. The second-order valence-electron chi connectivity index (χ2n) is 3.43. The number of thiophene rings is 1. The molecule has 96 valence electrons. The van der Waals surface area contributed by atoms with Gasteiger partial charge in [0.2, 0.25) is 0 Å². The summed E-state index contributed by atoms with van der Waals surface area (Å²) in [6.45, 7) is 0. The topological polar surface area (TPSA) is 0 Å². The Kier molecular flexibility index (Phi) is 4.55. The van der Waals surface area contributed by atoms with Gasteiger partial charge in [0.1, 0.15) is 11.6 Å². The van der Waals surface area contributed by atoms with E-state index in [0.717, 1.165) is 23.5 Å². The normalized spacial score (nSPS) is 12.8. The number of halogens is 6. The van der Waals surface area contributed by atoms with Gasteiger partial charge in [0.05, 0.1) is 14.0 Å². The summed E-state index contributed by atoms with van der Waals surface area (Å²) in [4.78, 5) is 0. The van der Waals surface area contributed by atoms with E-state index in [1.54, 1.807) is 0 Å². The third kappa shape index (κ3) is 2.83. The Hall–Kier alpha value is 0.130. The zero-order valence-corrected chi connectivity index (χ0v) is 13.2. The van der Waals surface area contributed by atoms with Crippen molar-refractivity contribution in [3.05, 3.63) is 54.1 Å². The molecule has 0 fully saturated rings. The van der Waals surface area contributed by atoms with E-state index in [1.165, 1.54) is 6.07 Å². The predicted octanol–water partition coefficient (Wildman–Crippen LogP) is 6.42. The lowest BCUT2D eigenvalue weighted by Gasteiger charge is -2.11. The second kappa shape index (κ2) is 5.63. The van der Waals surface area contributed by atoms with Crippen molar-refractivity contribution >= 4 is 62.1 Å². The van der Waals surface area contributed by atoms with Gasteiger partial charge < -0.3 is 0 Å². The van der Waals surface area contributed by atoms with Crippen molar-refractivity contribution in [1.82, 2.24) is 0 Å². The van der Waals surface area contributed by atoms with E-state index in [4.69, 9.17) is 34.8 Å². The molecule has 18 heavy (non-hydrogen) atoms. The summed E-state index contributed by atoms with van der Waals surface area (Å²) in [6, 6.07) is 3.80. The standard InChI is InChI=1S/C11H4BrCl3F2S/c12-4-1-6(16)9(7(17)2-4)10(14)5-3-8(13)18-11(5)15/h1-3,10H. The number of hydrogen-bond acceptors (Lipinski definition) is 1. The summed E-state index contributed by atoms with van der Waals surface area (Å²) in [5.41, 5.74) is 0.157. The van der Waals surface area contributed by atoms with Gasteiger partial charge in [0.25, 0.3) is 0 Å². The van der Waals surface area contributed by atoms with Gasteiger partial charge in [-0.25, -0.2) is 8.78 Å². The van der Waals surface area contributed by atoms with Crippen molar-refractivity contribution in [2.24, 2.45) is 0 Å². The molecule has 0 spiro atoms. The van der Waals surface area contributed by atoms with Crippen LogP contribution in [0.1, 0.15) is 16.5 Å². The molecule has 2 aromatic rings. The van der Waals surface area contributed by atoms with Gasteiger partial charge in [0.15, 0.2) is 0 Å². The molecule has 0 bridgehead atoms. The highest BCUT2D eigenvalue weighted by Crippen LogP contribution is 2.42. The van der Waals surface area contributed by atoms with Gasteiger partial charge in [-0.3, -0.25) is 0 Å². The minimum absolute atomic E-state index is 0.240. The van der Waals surface area contributed by atoms with Crippen molar-refractivity contribution in [2.75, 3.05) is 0 Å². The Morgan fingerprint density at radius 3 is 2.11 bits per heavy atom. The monoisotopic (exact) mass is 390 g/mol. The molecule has 1 aromatic heterocycles. The minimum Gasteiger partial charge on any atom is -0.206 e. The smallest absolute Gasteiger partial charge is 0.132 e. The van der Waals surface area contributed by atoms with Crippen molar-refractivity contribution in [3.8, 4) is 0 Å². The quantitative estimate of drug-likeness (QED) is 0.517. The largest absolute Gasteiger partial charge is 0.206 e. The molecule has 0 aliphatic rings. The van der Waals surface area contributed by atoms with Crippen LogP contribution in [-0.2, 0) is 0 Å². The SMILES string of the molecule is Fc1cc(Br)cc(F)c1C(Cl)c1cc(Cl)sc1Cl. The van der Waals surface area contributed by atoms with E-state index >= 15 is 0 Å². The fourth-order valence-corrected chi connectivity index (χ4v) is 3.91. The molecule has 7 heteroatoms. The average Bonchev–Trinajstić information content (AvgIpc) is 2.56. The van der Waals surface area contributed by atoms with Crippen LogP contribution in [0.2, 0.25) is 8.67 Å². The highest BCUT2D eigenvalue weighted by atomic mass is 79.9. The van der Waals surface area contributed by atoms with E-state index in [1.807, 2.05) is 0 Å². The summed E-state index contributed by atoms with van der Waals surface area (Å²) >= 11 is 21.9. The van der Waals surface area contributed by atoms with Gasteiger partial charge in [-0.1, -0.05) is 39.1 Å². The summed E-state index contributed by atoms with van der Waals surface area (Å²) in [5.74, 6) is -1.47. The molecule has 2 rings (SSSR count). The van der Waals surface area contributed by atoms with Crippen molar-refractivity contribution in [1.29, 1.82) is 0 Å². The number of alkyl halides is 1. The fraction of sp³-hybridized carbons (Fsp3) is 0.0909. The zero-order chi connectivity index (χ0) is 13.4. The molecule has 0 aliphatic carbocycles. The van der Waals surface area contributed by atoms with Crippen LogP contribution in [0, 0.1) is 11.6 Å². The maximum Gasteiger partial charge on any atom is 0.132 e. The lowest BCUT2D eigenvalue weighted by atomic mass is 10.1. The lowest BCUT2D eigenvalue weighted by molar-refractivity contribution is 0.558. The minimum atomic E-state index is -1.02. The van der Waals surface area contributed by atoms with Crippen LogP contribution in [-0.4, -0.2) is 0 Å². The molecule has 1 heterocycles. The van der Waals surface area contributed by atoms with Crippen LogP contribution >= 0.6 is 62.1 Å². The van der Waals surface area contributed by atoms with E-state index in [9.17, 15) is 8.78 Å². The number of hydrogen-bond donors (Lipinski definition) is 0. The van der Waals surface area contributed by atoms with Crippen molar-refractivity contribution in [2.45, 2.75) is 5.38 Å². The molecular weight excluding hydrogens is 388 g/mol. The van der Waals surface area contributed by atoms with Crippen LogP contribution in [0.25, 0.3) is 0 Å². The summed E-state index contributed by atoms with van der Waals surface area (Å²) < 4.78 is 28.6. The van der Waals surface area contributed by atoms with Crippen LogP contribution < -0.4 is 0 Å². The first-order valence-corrected chi connectivity index (χ1v) is 7.43. The van der Waals surface area contributed by atoms with Gasteiger partial charge in [-0.2, -0.15) is 0 Å². The van der Waals surface area contributed by atoms with Gasteiger partial charge >= 0.3 is 0 Å². The van der Waals surface area contributed by atoms with E-state index in [-0.39, 0.29) is 5.56 Å². The summed E-state index contributed by atoms with van der Waals surface area (Å²) in [6.07, 6.45) is 0. The van der Waals surface area contributed by atoms with E-state index in [0.29, 0.717) is 18.7 Å². The van der Waals surface area contributed by atoms with Gasteiger partial charge in [0, 0.05) is 15.6 Å². The number of rotatable bonds is 2. The van der Waals surface area contributed by atoms with Crippen LogP contribution in [0.15, 0.2) is 22.7 Å². The van der Waals surface area contributed by atoms with Gasteiger partial charge in [-0.05, 0) is 18.2 Å². The molecule has 0 saturated heterocycles. The molecular formula is C11H4BrCl3F2S. The summed E-state index contributed by atoms with van der Waals surface area (Å²) in [5, 5.41) is -1.02. The average molecular weight is 392 g/mol. The third-order valence-electron chi connectivity index (χ3n) is 2.25.